The highest BCUT2D eigenvalue weighted by Gasteiger charge is 2.42. The van der Waals surface area contributed by atoms with Gasteiger partial charge in [0.05, 0.1) is 31.0 Å². The van der Waals surface area contributed by atoms with Crippen molar-refractivity contribution in [3.8, 4) is 0 Å². The van der Waals surface area contributed by atoms with E-state index in [1.165, 1.54) is 0 Å². The molecule has 0 N–H and O–H groups in total. The summed E-state index contributed by atoms with van der Waals surface area (Å²) in [7, 11) is -3.86. The molecule has 0 spiro atoms. The molecule has 0 aliphatic carbocycles. The SMILES string of the molecule is CC[Si](CC)(CC)O[C@H]1CCCO[C@@H]1CC(=O)C(=O)C[C@@H]1O[C@H](c2ccccc2)OC[C@H]1O[Si](CC)(CC)CC. The fourth-order valence-electron chi connectivity index (χ4n) is 6.02. The zero-order valence-electron chi connectivity index (χ0n) is 25.6. The predicted octanol–water partition coefficient (Wildman–Crippen LogP) is 6.98. The van der Waals surface area contributed by atoms with E-state index in [0.717, 1.165) is 54.7 Å². The maximum atomic E-state index is 13.4. The van der Waals surface area contributed by atoms with Crippen molar-refractivity contribution in [3.05, 3.63) is 35.9 Å². The molecule has 40 heavy (non-hydrogen) atoms. The molecule has 2 aliphatic rings. The first-order chi connectivity index (χ1) is 19.3. The van der Waals surface area contributed by atoms with Gasteiger partial charge in [-0.15, -0.1) is 0 Å². The largest absolute Gasteiger partial charge is 0.411 e. The van der Waals surface area contributed by atoms with Crippen LogP contribution in [0.25, 0.3) is 0 Å². The summed E-state index contributed by atoms with van der Waals surface area (Å²) < 4.78 is 32.0. The monoisotopic (exact) mass is 592 g/mol. The van der Waals surface area contributed by atoms with E-state index in [2.05, 4.69) is 41.5 Å². The first-order valence-corrected chi connectivity index (χ1v) is 20.7. The summed E-state index contributed by atoms with van der Waals surface area (Å²) in [4.78, 5) is 26.7. The molecule has 1 aromatic rings. The van der Waals surface area contributed by atoms with Gasteiger partial charge in [-0.25, -0.2) is 0 Å². The molecule has 3 rings (SSSR count). The molecule has 0 saturated carbocycles. The molecule has 0 unspecified atom stereocenters. The first kappa shape index (κ1) is 33.3. The van der Waals surface area contributed by atoms with Gasteiger partial charge < -0.3 is 23.1 Å². The molecule has 2 aliphatic heterocycles. The number of carbonyl (C=O) groups is 2. The Labute approximate surface area is 243 Å². The number of carbonyl (C=O) groups excluding carboxylic acids is 2. The summed E-state index contributed by atoms with van der Waals surface area (Å²) in [5, 5.41) is 0. The van der Waals surface area contributed by atoms with E-state index >= 15 is 0 Å². The van der Waals surface area contributed by atoms with Gasteiger partial charge in [0, 0.05) is 25.0 Å². The van der Waals surface area contributed by atoms with Crippen LogP contribution < -0.4 is 0 Å². The third-order valence-corrected chi connectivity index (χ3v) is 18.7. The minimum Gasteiger partial charge on any atom is -0.411 e. The van der Waals surface area contributed by atoms with Crippen LogP contribution in [0.4, 0.5) is 0 Å². The number of ketones is 2. The minimum atomic E-state index is -1.99. The van der Waals surface area contributed by atoms with Crippen LogP contribution >= 0.6 is 0 Å². The van der Waals surface area contributed by atoms with E-state index in [0.29, 0.717) is 13.2 Å². The molecule has 2 heterocycles. The molecule has 2 saturated heterocycles. The Kier molecular flexibility index (Phi) is 13.2. The van der Waals surface area contributed by atoms with Crippen molar-refractivity contribution in [1.29, 1.82) is 0 Å². The van der Waals surface area contributed by atoms with Crippen molar-refractivity contribution in [2.45, 2.75) is 134 Å². The predicted molar refractivity (Wildman–Crippen MR) is 162 cm³/mol. The van der Waals surface area contributed by atoms with E-state index in [1.54, 1.807) is 0 Å². The van der Waals surface area contributed by atoms with Crippen LogP contribution in [0.2, 0.25) is 36.3 Å². The second kappa shape index (κ2) is 15.9. The highest BCUT2D eigenvalue weighted by atomic mass is 28.4. The average Bonchev–Trinajstić information content (AvgIpc) is 3.00. The molecule has 9 heteroatoms. The quantitative estimate of drug-likeness (QED) is 0.151. The molecule has 0 aromatic heterocycles. The van der Waals surface area contributed by atoms with Crippen LogP contribution in [0.3, 0.4) is 0 Å². The van der Waals surface area contributed by atoms with Gasteiger partial charge >= 0.3 is 0 Å². The van der Waals surface area contributed by atoms with Crippen LogP contribution in [0.1, 0.15) is 79.1 Å². The van der Waals surface area contributed by atoms with E-state index in [9.17, 15) is 9.59 Å². The van der Waals surface area contributed by atoms with E-state index in [4.69, 9.17) is 23.1 Å². The third kappa shape index (κ3) is 8.43. The lowest BCUT2D eigenvalue weighted by Crippen LogP contribution is -2.51. The van der Waals surface area contributed by atoms with Gasteiger partial charge in [0.15, 0.2) is 22.9 Å². The van der Waals surface area contributed by atoms with Crippen LogP contribution in [0, 0.1) is 0 Å². The van der Waals surface area contributed by atoms with E-state index < -0.39 is 40.6 Å². The zero-order valence-corrected chi connectivity index (χ0v) is 27.6. The Hall–Kier alpha value is -1.21. The normalized spacial score (nSPS) is 26.0. The maximum absolute atomic E-state index is 13.4. The summed E-state index contributed by atoms with van der Waals surface area (Å²) in [6.45, 7) is 14.1. The van der Waals surface area contributed by atoms with E-state index in [1.807, 2.05) is 30.3 Å². The molecule has 5 atom stereocenters. The topological polar surface area (TPSA) is 80.3 Å². The van der Waals surface area contributed by atoms with Gasteiger partial charge in [-0.2, -0.15) is 0 Å². The van der Waals surface area contributed by atoms with Crippen LogP contribution in [-0.4, -0.2) is 65.8 Å². The van der Waals surface area contributed by atoms with E-state index in [-0.39, 0.29) is 31.2 Å². The maximum Gasteiger partial charge on any atom is 0.201 e. The smallest absolute Gasteiger partial charge is 0.201 e. The van der Waals surface area contributed by atoms with Crippen molar-refractivity contribution in [3.63, 3.8) is 0 Å². The lowest BCUT2D eigenvalue weighted by Gasteiger charge is -2.41. The molecular formula is C31H52O7Si2. The average molecular weight is 593 g/mol. The highest BCUT2D eigenvalue weighted by Crippen LogP contribution is 2.34. The molecule has 1 aromatic carbocycles. The molecule has 2 fully saturated rings. The van der Waals surface area contributed by atoms with Crippen molar-refractivity contribution in [2.75, 3.05) is 13.2 Å². The summed E-state index contributed by atoms with van der Waals surface area (Å²) in [6.07, 6.45) is -0.198. The van der Waals surface area contributed by atoms with Crippen LogP contribution in [0.5, 0.6) is 0 Å². The summed E-state index contributed by atoms with van der Waals surface area (Å²) in [5.41, 5.74) is 0.890. The van der Waals surface area contributed by atoms with Crippen molar-refractivity contribution in [1.82, 2.24) is 0 Å². The van der Waals surface area contributed by atoms with Crippen molar-refractivity contribution >= 4 is 28.2 Å². The number of benzene rings is 1. The fourth-order valence-corrected chi connectivity index (χ4v) is 11.8. The van der Waals surface area contributed by atoms with Gasteiger partial charge in [-0.1, -0.05) is 71.9 Å². The van der Waals surface area contributed by atoms with Crippen LogP contribution in [0.15, 0.2) is 30.3 Å². The minimum absolute atomic E-state index is 0.0202. The summed E-state index contributed by atoms with van der Waals surface area (Å²) in [5.74, 6) is -0.839. The second-order valence-corrected chi connectivity index (χ2v) is 20.8. The first-order valence-electron chi connectivity index (χ1n) is 15.6. The molecule has 0 bridgehead atoms. The molecular weight excluding hydrogens is 541 g/mol. The number of ether oxygens (including phenoxy) is 3. The molecule has 7 nitrogen and oxygen atoms in total. The Morgan fingerprint density at radius 3 is 1.82 bits per heavy atom. The molecule has 0 radical (unpaired) electrons. The number of Topliss-reactive ketones (excluding diaryl/α,β-unsaturated/α-hetero) is 2. The number of hydrogen-bond acceptors (Lipinski definition) is 7. The Morgan fingerprint density at radius 2 is 1.27 bits per heavy atom. The third-order valence-electron chi connectivity index (χ3n) is 9.33. The standard InChI is InChI=1S/C31H52O7Si2/c1-7-39(8-2,9-3)37-27-19-16-20-34-28(27)21-25(32)26(33)22-29-30(38-40(10-4,11-5)12-6)23-35-31(36-29)24-17-14-13-15-18-24/h13-15,17-18,27-31H,7-12,16,19-23H2,1-6H3/t27-,28+,29-,30+,31+/m0/s1. The Bertz CT molecular complexity index is 903. The summed E-state index contributed by atoms with van der Waals surface area (Å²) in [6, 6.07) is 15.8. The lowest BCUT2D eigenvalue weighted by atomic mass is 9.96. The number of rotatable bonds is 16. The van der Waals surface area contributed by atoms with Crippen LogP contribution in [-0.2, 0) is 32.7 Å². The van der Waals surface area contributed by atoms with Gasteiger partial charge in [0.2, 0.25) is 11.6 Å². The zero-order chi connectivity index (χ0) is 29.2. The lowest BCUT2D eigenvalue weighted by molar-refractivity contribution is -0.253. The molecule has 226 valence electrons. The van der Waals surface area contributed by atoms with Gasteiger partial charge in [-0.05, 0) is 49.1 Å². The molecule has 0 amide bonds. The van der Waals surface area contributed by atoms with Gasteiger partial charge in [-0.3, -0.25) is 9.59 Å². The number of hydrogen-bond donors (Lipinski definition) is 0. The Morgan fingerprint density at radius 1 is 0.750 bits per heavy atom. The highest BCUT2D eigenvalue weighted by molar-refractivity contribution is 6.74. The Balaban J connectivity index is 1.72. The summed E-state index contributed by atoms with van der Waals surface area (Å²) >= 11 is 0. The van der Waals surface area contributed by atoms with Gasteiger partial charge in [0.1, 0.15) is 0 Å². The van der Waals surface area contributed by atoms with Crippen molar-refractivity contribution in [2.24, 2.45) is 0 Å². The van der Waals surface area contributed by atoms with Gasteiger partial charge in [0.25, 0.3) is 0 Å². The second-order valence-electron chi connectivity index (χ2n) is 11.4. The fraction of sp³-hybridized carbons (Fsp3) is 0.742. The van der Waals surface area contributed by atoms with Crippen molar-refractivity contribution < 1.29 is 32.7 Å².